The molecule has 4 N–H and O–H groups in total. The van der Waals surface area contributed by atoms with Crippen LogP contribution in [0.4, 0.5) is 22.0 Å². The van der Waals surface area contributed by atoms with E-state index >= 15 is 0 Å². The number of halogens is 5. The van der Waals surface area contributed by atoms with Crippen molar-refractivity contribution in [3.8, 4) is 0 Å². The number of aliphatic imine (C=N–C) groups is 1. The monoisotopic (exact) mass is 455 g/mol. The van der Waals surface area contributed by atoms with Gasteiger partial charge in [-0.25, -0.2) is 19.6 Å². The van der Waals surface area contributed by atoms with Crippen molar-refractivity contribution in [1.29, 1.82) is 0 Å². The summed E-state index contributed by atoms with van der Waals surface area (Å²) < 4.78 is 65.1. The average Bonchev–Trinajstić information content (AvgIpc) is 3.14. The van der Waals surface area contributed by atoms with Crippen molar-refractivity contribution in [2.75, 3.05) is 0 Å². The van der Waals surface area contributed by atoms with Crippen molar-refractivity contribution in [3.63, 3.8) is 0 Å². The van der Waals surface area contributed by atoms with E-state index in [4.69, 9.17) is 0 Å². The minimum absolute atomic E-state index is 0.00604. The number of nitrogens with one attached hydrogen (secondary N) is 4. The number of benzene rings is 2. The molecule has 1 aliphatic rings. The van der Waals surface area contributed by atoms with Gasteiger partial charge in [-0.1, -0.05) is 0 Å². The molecule has 0 bridgehead atoms. The zero-order valence-corrected chi connectivity index (χ0v) is 17.2. The van der Waals surface area contributed by atoms with Gasteiger partial charge in [0.15, 0.2) is 0 Å². The van der Waals surface area contributed by atoms with Crippen molar-refractivity contribution in [3.05, 3.63) is 70.8 Å². The Kier molecular flexibility index (Phi) is 7.09. The summed E-state index contributed by atoms with van der Waals surface area (Å²) in [5.74, 6) is -2.01. The first-order chi connectivity index (χ1) is 15.0. The Bertz CT molecular complexity index is 971. The smallest absolute Gasteiger partial charge is 0.354 e. The molecule has 0 spiro atoms. The van der Waals surface area contributed by atoms with Gasteiger partial charge < -0.3 is 10.6 Å². The number of alkyl halides is 3. The van der Waals surface area contributed by atoms with Crippen LogP contribution in [0.1, 0.15) is 47.8 Å². The Balaban J connectivity index is 1.71. The van der Waals surface area contributed by atoms with Crippen molar-refractivity contribution >= 4 is 11.9 Å². The molecule has 0 radical (unpaired) electrons. The molecule has 0 aliphatic carbocycles. The topological polar surface area (TPSA) is 77.5 Å². The Morgan fingerprint density at radius 3 is 2.25 bits per heavy atom. The SMILES string of the molecule is CC(C)N/C(=N/C(=O)c1ccc(C(F)(F)F)cc1)NC1CC(c2cc(F)cc(F)c2)NN1. The third-order valence-corrected chi connectivity index (χ3v) is 4.60. The van der Waals surface area contributed by atoms with E-state index in [-0.39, 0.29) is 17.6 Å². The van der Waals surface area contributed by atoms with E-state index < -0.39 is 41.5 Å². The highest BCUT2D eigenvalue weighted by Gasteiger charge is 2.30. The second-order valence-electron chi connectivity index (χ2n) is 7.62. The number of guanidine groups is 1. The second kappa shape index (κ2) is 9.61. The lowest BCUT2D eigenvalue weighted by molar-refractivity contribution is -0.137. The van der Waals surface area contributed by atoms with Crippen molar-refractivity contribution < 1.29 is 26.7 Å². The highest BCUT2D eigenvalue weighted by atomic mass is 19.4. The number of hydrazine groups is 1. The molecule has 1 aliphatic heterocycles. The summed E-state index contributed by atoms with van der Waals surface area (Å²) in [6.45, 7) is 3.64. The molecule has 1 saturated heterocycles. The van der Waals surface area contributed by atoms with Crippen LogP contribution >= 0.6 is 0 Å². The lowest BCUT2D eigenvalue weighted by Gasteiger charge is -2.19. The third kappa shape index (κ3) is 6.24. The first kappa shape index (κ1) is 23.6. The van der Waals surface area contributed by atoms with Crippen LogP contribution in [0, 0.1) is 11.6 Å². The van der Waals surface area contributed by atoms with Gasteiger partial charge in [-0.15, -0.1) is 0 Å². The van der Waals surface area contributed by atoms with Gasteiger partial charge in [-0.05, 0) is 55.8 Å². The molecule has 2 unspecified atom stereocenters. The van der Waals surface area contributed by atoms with Crippen LogP contribution in [0.15, 0.2) is 47.5 Å². The predicted octanol–water partition coefficient (Wildman–Crippen LogP) is 3.63. The molecular weight excluding hydrogens is 433 g/mol. The molecule has 11 heteroatoms. The number of carbonyl (C=O) groups excluding carboxylic acids is 1. The summed E-state index contributed by atoms with van der Waals surface area (Å²) in [4.78, 5) is 16.4. The number of hydrogen-bond acceptors (Lipinski definition) is 3. The molecule has 1 fully saturated rings. The number of carbonyl (C=O) groups is 1. The van der Waals surface area contributed by atoms with Gasteiger partial charge in [0.05, 0.1) is 11.7 Å². The molecule has 2 aromatic rings. The van der Waals surface area contributed by atoms with E-state index in [1.54, 1.807) is 0 Å². The van der Waals surface area contributed by atoms with E-state index in [9.17, 15) is 26.7 Å². The van der Waals surface area contributed by atoms with Crippen LogP contribution in [0.2, 0.25) is 0 Å². The number of nitrogens with zero attached hydrogens (tertiary/aromatic N) is 1. The molecule has 2 atom stereocenters. The van der Waals surface area contributed by atoms with Gasteiger partial charge in [0.25, 0.3) is 5.91 Å². The van der Waals surface area contributed by atoms with Crippen LogP contribution < -0.4 is 21.5 Å². The maximum absolute atomic E-state index is 13.5. The van der Waals surface area contributed by atoms with Gasteiger partial charge in [0, 0.05) is 30.1 Å². The fourth-order valence-electron chi connectivity index (χ4n) is 3.16. The van der Waals surface area contributed by atoms with E-state index in [0.717, 1.165) is 30.3 Å². The largest absolute Gasteiger partial charge is 0.416 e. The summed E-state index contributed by atoms with van der Waals surface area (Å²) in [7, 11) is 0. The Hall–Kier alpha value is -3.05. The fraction of sp³-hybridized carbons (Fsp3) is 0.333. The third-order valence-electron chi connectivity index (χ3n) is 4.60. The molecule has 1 heterocycles. The van der Waals surface area contributed by atoms with Crippen molar-refractivity contribution in [1.82, 2.24) is 21.5 Å². The fourth-order valence-corrected chi connectivity index (χ4v) is 3.16. The minimum Gasteiger partial charge on any atom is -0.354 e. The van der Waals surface area contributed by atoms with E-state index in [1.807, 2.05) is 13.8 Å². The standard InChI is InChI=1S/C21H22F5N5O/c1-11(2)27-20(29-19(32)12-3-5-14(6-4-12)21(24,25)26)28-18-10-17(30-31-18)13-7-15(22)9-16(23)8-13/h3-9,11,17-18,30-31H,10H2,1-2H3,(H2,27,28,29,32). The van der Waals surface area contributed by atoms with Gasteiger partial charge in [-0.3, -0.25) is 4.79 Å². The predicted molar refractivity (Wildman–Crippen MR) is 108 cm³/mol. The highest BCUT2D eigenvalue weighted by molar-refractivity contribution is 6.02. The lowest BCUT2D eigenvalue weighted by Crippen LogP contribution is -2.51. The molecule has 172 valence electrons. The molecular formula is C21H22F5N5O. The molecule has 3 rings (SSSR count). The Labute approximate surface area is 181 Å². The maximum atomic E-state index is 13.5. The zero-order valence-electron chi connectivity index (χ0n) is 17.2. The summed E-state index contributed by atoms with van der Waals surface area (Å²) in [6.07, 6.45) is -4.58. The normalized spacial score (nSPS) is 19.3. The van der Waals surface area contributed by atoms with E-state index in [1.165, 1.54) is 12.1 Å². The minimum atomic E-state index is -4.50. The van der Waals surface area contributed by atoms with Crippen LogP contribution in [-0.2, 0) is 6.18 Å². The number of hydrogen-bond donors (Lipinski definition) is 4. The van der Waals surface area contributed by atoms with Gasteiger partial charge in [-0.2, -0.15) is 18.2 Å². The van der Waals surface area contributed by atoms with Crippen molar-refractivity contribution in [2.24, 2.45) is 4.99 Å². The molecule has 0 saturated carbocycles. The van der Waals surface area contributed by atoms with Gasteiger partial charge >= 0.3 is 6.18 Å². The first-order valence-electron chi connectivity index (χ1n) is 9.81. The summed E-state index contributed by atoms with van der Waals surface area (Å²) in [6, 6.07) is 6.48. The second-order valence-corrected chi connectivity index (χ2v) is 7.62. The lowest BCUT2D eigenvalue weighted by atomic mass is 10.0. The van der Waals surface area contributed by atoms with E-state index in [0.29, 0.717) is 12.0 Å². The first-order valence-corrected chi connectivity index (χ1v) is 9.81. The molecule has 32 heavy (non-hydrogen) atoms. The molecule has 1 amide bonds. The Morgan fingerprint density at radius 2 is 1.69 bits per heavy atom. The van der Waals surface area contributed by atoms with Gasteiger partial charge in [0.1, 0.15) is 11.6 Å². The zero-order chi connectivity index (χ0) is 23.5. The van der Waals surface area contributed by atoms with Crippen LogP contribution in [-0.4, -0.2) is 24.1 Å². The van der Waals surface area contributed by atoms with Gasteiger partial charge in [0.2, 0.25) is 5.96 Å². The Morgan fingerprint density at radius 1 is 1.06 bits per heavy atom. The summed E-state index contributed by atoms with van der Waals surface area (Å²) in [5.41, 5.74) is 5.39. The van der Waals surface area contributed by atoms with E-state index in [2.05, 4.69) is 26.5 Å². The molecule has 0 aromatic heterocycles. The van der Waals surface area contributed by atoms with Crippen LogP contribution in [0.3, 0.4) is 0 Å². The highest BCUT2D eigenvalue weighted by Crippen LogP contribution is 2.29. The van der Waals surface area contributed by atoms with Crippen LogP contribution in [0.25, 0.3) is 0 Å². The number of rotatable bonds is 4. The molecule has 2 aromatic carbocycles. The van der Waals surface area contributed by atoms with Crippen molar-refractivity contribution in [2.45, 2.75) is 44.7 Å². The van der Waals surface area contributed by atoms with Crippen LogP contribution in [0.5, 0.6) is 0 Å². The molecule has 6 nitrogen and oxygen atoms in total. The number of amides is 1. The quantitative estimate of drug-likeness (QED) is 0.322. The summed E-state index contributed by atoms with van der Waals surface area (Å²) >= 11 is 0. The summed E-state index contributed by atoms with van der Waals surface area (Å²) in [5, 5.41) is 5.96. The average molecular weight is 455 g/mol. The maximum Gasteiger partial charge on any atom is 0.416 e.